The molecule has 1 N–H and O–H groups in total. The minimum absolute atomic E-state index is 0.00447. The standard InChI is InChI=1S/C24H22N2O5/c1-24(15-25,16-11-12-16)26-21(27)14-30-23(28)22-19(13-29-17-7-3-2-4-8-17)18-9-5-6-10-20(18)31-22/h2-10,16H,11-14H2,1H3,(H,26,27)/t24-/m0/s1. The van der Waals surface area contributed by atoms with Crippen LogP contribution in [0, 0.1) is 17.2 Å². The number of furan rings is 1. The van der Waals surface area contributed by atoms with Gasteiger partial charge in [0, 0.05) is 5.39 Å². The molecule has 1 amide bonds. The molecule has 1 saturated carbocycles. The van der Waals surface area contributed by atoms with Gasteiger partial charge in [0.15, 0.2) is 6.61 Å². The van der Waals surface area contributed by atoms with Crippen molar-refractivity contribution in [1.82, 2.24) is 5.32 Å². The lowest BCUT2D eigenvalue weighted by Gasteiger charge is -2.22. The molecule has 158 valence electrons. The van der Waals surface area contributed by atoms with Gasteiger partial charge in [0.2, 0.25) is 5.76 Å². The second-order valence-corrected chi connectivity index (χ2v) is 7.72. The number of nitriles is 1. The van der Waals surface area contributed by atoms with E-state index in [1.165, 1.54) is 0 Å². The number of hydrogen-bond donors (Lipinski definition) is 1. The number of para-hydroxylation sites is 2. The first-order valence-electron chi connectivity index (χ1n) is 10.1. The molecule has 0 radical (unpaired) electrons. The monoisotopic (exact) mass is 418 g/mol. The molecule has 0 spiro atoms. The zero-order valence-corrected chi connectivity index (χ0v) is 17.1. The second-order valence-electron chi connectivity index (χ2n) is 7.72. The number of nitrogens with one attached hydrogen (secondary N) is 1. The van der Waals surface area contributed by atoms with Crippen LogP contribution in [0.1, 0.15) is 35.9 Å². The van der Waals surface area contributed by atoms with Crippen LogP contribution in [0.25, 0.3) is 11.0 Å². The summed E-state index contributed by atoms with van der Waals surface area (Å²) in [6.45, 7) is 1.29. The number of rotatable bonds is 8. The summed E-state index contributed by atoms with van der Waals surface area (Å²) in [5, 5.41) is 12.8. The Bertz CT molecular complexity index is 1140. The van der Waals surface area contributed by atoms with Crippen molar-refractivity contribution in [1.29, 1.82) is 5.26 Å². The van der Waals surface area contributed by atoms with Crippen molar-refractivity contribution in [2.24, 2.45) is 5.92 Å². The Hall–Kier alpha value is -3.79. The molecule has 4 rings (SSSR count). The van der Waals surface area contributed by atoms with E-state index in [0.29, 0.717) is 16.9 Å². The fraction of sp³-hybridized carbons (Fsp3) is 0.292. The Labute approximate surface area is 179 Å². The highest BCUT2D eigenvalue weighted by molar-refractivity contribution is 5.97. The Morgan fingerprint density at radius 1 is 1.16 bits per heavy atom. The number of esters is 1. The largest absolute Gasteiger partial charge is 0.489 e. The van der Waals surface area contributed by atoms with Crippen molar-refractivity contribution in [3.8, 4) is 11.8 Å². The van der Waals surface area contributed by atoms with Gasteiger partial charge in [0.05, 0.1) is 11.6 Å². The zero-order chi connectivity index (χ0) is 21.8. The van der Waals surface area contributed by atoms with E-state index in [1.807, 2.05) is 42.5 Å². The first kappa shape index (κ1) is 20.5. The van der Waals surface area contributed by atoms with Crippen LogP contribution in [0.2, 0.25) is 0 Å². The predicted octanol–water partition coefficient (Wildman–Crippen LogP) is 3.98. The topological polar surface area (TPSA) is 102 Å². The van der Waals surface area contributed by atoms with Crippen molar-refractivity contribution >= 4 is 22.8 Å². The van der Waals surface area contributed by atoms with Crippen molar-refractivity contribution in [3.05, 3.63) is 65.9 Å². The molecule has 1 fully saturated rings. The van der Waals surface area contributed by atoms with E-state index in [9.17, 15) is 14.9 Å². The average molecular weight is 418 g/mol. The normalized spacial score (nSPS) is 15.0. The SMILES string of the molecule is C[C@@](C#N)(NC(=O)COC(=O)c1oc2ccccc2c1COc1ccccc1)C1CC1. The second kappa shape index (κ2) is 8.52. The lowest BCUT2D eigenvalue weighted by molar-refractivity contribution is -0.125. The fourth-order valence-electron chi connectivity index (χ4n) is 3.48. The molecule has 1 aliphatic carbocycles. The minimum atomic E-state index is -0.947. The van der Waals surface area contributed by atoms with E-state index in [0.717, 1.165) is 18.2 Å². The fourth-order valence-corrected chi connectivity index (χ4v) is 3.48. The van der Waals surface area contributed by atoms with Crippen LogP contribution in [0.4, 0.5) is 0 Å². The van der Waals surface area contributed by atoms with E-state index < -0.39 is 24.0 Å². The van der Waals surface area contributed by atoms with Gasteiger partial charge in [-0.2, -0.15) is 5.26 Å². The lowest BCUT2D eigenvalue weighted by atomic mass is 9.98. The van der Waals surface area contributed by atoms with E-state index in [1.54, 1.807) is 19.1 Å². The molecule has 2 aromatic carbocycles. The number of nitrogens with zero attached hydrogens (tertiary/aromatic N) is 1. The van der Waals surface area contributed by atoms with Gasteiger partial charge >= 0.3 is 5.97 Å². The van der Waals surface area contributed by atoms with E-state index in [-0.39, 0.29) is 18.3 Å². The van der Waals surface area contributed by atoms with Gasteiger partial charge in [0.1, 0.15) is 23.5 Å². The van der Waals surface area contributed by atoms with Crippen LogP contribution in [0.3, 0.4) is 0 Å². The van der Waals surface area contributed by atoms with E-state index in [4.69, 9.17) is 13.9 Å². The lowest BCUT2D eigenvalue weighted by Crippen LogP contribution is -2.48. The smallest absolute Gasteiger partial charge is 0.375 e. The quantitative estimate of drug-likeness (QED) is 0.555. The van der Waals surface area contributed by atoms with Crippen LogP contribution in [0.15, 0.2) is 59.0 Å². The number of benzene rings is 2. The van der Waals surface area contributed by atoms with Crippen molar-refractivity contribution in [2.75, 3.05) is 6.61 Å². The summed E-state index contributed by atoms with van der Waals surface area (Å²) >= 11 is 0. The summed E-state index contributed by atoms with van der Waals surface area (Å²) in [6.07, 6.45) is 1.79. The Morgan fingerprint density at radius 3 is 2.58 bits per heavy atom. The number of carbonyl (C=O) groups excluding carboxylic acids is 2. The van der Waals surface area contributed by atoms with Gasteiger partial charge in [0.25, 0.3) is 5.91 Å². The number of carbonyl (C=O) groups is 2. The third-order valence-corrected chi connectivity index (χ3v) is 5.37. The zero-order valence-electron chi connectivity index (χ0n) is 17.1. The minimum Gasteiger partial charge on any atom is -0.489 e. The Balaban J connectivity index is 1.47. The maximum Gasteiger partial charge on any atom is 0.375 e. The molecule has 3 aromatic rings. The molecule has 1 aromatic heterocycles. The molecule has 0 saturated heterocycles. The molecule has 7 heteroatoms. The summed E-state index contributed by atoms with van der Waals surface area (Å²) in [7, 11) is 0. The first-order valence-corrected chi connectivity index (χ1v) is 10.1. The molecule has 31 heavy (non-hydrogen) atoms. The summed E-state index contributed by atoms with van der Waals surface area (Å²) in [5.74, 6) is -0.502. The summed E-state index contributed by atoms with van der Waals surface area (Å²) < 4.78 is 16.7. The molecule has 1 heterocycles. The van der Waals surface area contributed by atoms with Crippen molar-refractivity contribution < 1.29 is 23.5 Å². The van der Waals surface area contributed by atoms with Crippen LogP contribution in [-0.4, -0.2) is 24.0 Å². The van der Waals surface area contributed by atoms with Crippen molar-refractivity contribution in [2.45, 2.75) is 31.9 Å². The molecular weight excluding hydrogens is 396 g/mol. The van der Waals surface area contributed by atoms with Gasteiger partial charge in [-0.15, -0.1) is 0 Å². The summed E-state index contributed by atoms with van der Waals surface area (Å²) in [4.78, 5) is 25.0. The molecule has 0 unspecified atom stereocenters. The van der Waals surface area contributed by atoms with Crippen LogP contribution >= 0.6 is 0 Å². The molecule has 7 nitrogen and oxygen atoms in total. The first-order chi connectivity index (χ1) is 15.0. The van der Waals surface area contributed by atoms with Crippen LogP contribution < -0.4 is 10.1 Å². The van der Waals surface area contributed by atoms with E-state index >= 15 is 0 Å². The molecule has 1 aliphatic rings. The summed E-state index contributed by atoms with van der Waals surface area (Å²) in [6, 6.07) is 18.6. The predicted molar refractivity (Wildman–Crippen MR) is 112 cm³/mol. The number of fused-ring (bicyclic) bond motifs is 1. The Kier molecular flexibility index (Phi) is 5.63. The highest BCUT2D eigenvalue weighted by Gasteiger charge is 2.43. The number of ether oxygens (including phenoxy) is 2. The van der Waals surface area contributed by atoms with Crippen LogP contribution in [0.5, 0.6) is 5.75 Å². The maximum atomic E-state index is 12.7. The third-order valence-electron chi connectivity index (χ3n) is 5.37. The molecule has 0 aliphatic heterocycles. The summed E-state index contributed by atoms with van der Waals surface area (Å²) in [5.41, 5.74) is 0.124. The van der Waals surface area contributed by atoms with Crippen LogP contribution in [-0.2, 0) is 16.1 Å². The van der Waals surface area contributed by atoms with Gasteiger partial charge < -0.3 is 19.2 Å². The van der Waals surface area contributed by atoms with Gasteiger partial charge in [-0.1, -0.05) is 36.4 Å². The number of amides is 1. The van der Waals surface area contributed by atoms with E-state index in [2.05, 4.69) is 11.4 Å². The third kappa shape index (κ3) is 4.53. The number of hydrogen-bond acceptors (Lipinski definition) is 6. The van der Waals surface area contributed by atoms with Gasteiger partial charge in [-0.05, 0) is 43.9 Å². The molecular formula is C24H22N2O5. The maximum absolute atomic E-state index is 12.7. The van der Waals surface area contributed by atoms with Gasteiger partial charge in [-0.3, -0.25) is 4.79 Å². The highest BCUT2D eigenvalue weighted by Crippen LogP contribution is 2.39. The van der Waals surface area contributed by atoms with Crippen molar-refractivity contribution in [3.63, 3.8) is 0 Å². The Morgan fingerprint density at radius 2 is 1.87 bits per heavy atom. The molecule has 0 bridgehead atoms. The average Bonchev–Trinajstić information content (AvgIpc) is 3.59. The highest BCUT2D eigenvalue weighted by atomic mass is 16.5. The van der Waals surface area contributed by atoms with Gasteiger partial charge in [-0.25, -0.2) is 4.79 Å². The molecule has 1 atom stereocenters.